The molecule has 1 amide bonds. The summed E-state index contributed by atoms with van der Waals surface area (Å²) in [6.07, 6.45) is 14.3. The Morgan fingerprint density at radius 3 is 2.08 bits per heavy atom. The number of benzene rings is 1. The van der Waals surface area contributed by atoms with Gasteiger partial charge in [-0.25, -0.2) is 0 Å². The summed E-state index contributed by atoms with van der Waals surface area (Å²) in [4.78, 5) is 33.4. The molecule has 1 aliphatic rings. The van der Waals surface area contributed by atoms with Crippen molar-refractivity contribution in [2.24, 2.45) is 4.99 Å². The molecule has 1 aromatic rings. The number of esters is 1. The summed E-state index contributed by atoms with van der Waals surface area (Å²) < 4.78 is 4.66. The Balaban J connectivity index is 0.000000633. The van der Waals surface area contributed by atoms with Gasteiger partial charge in [-0.15, -0.1) is 0 Å². The second-order valence-corrected chi connectivity index (χ2v) is 10.9. The van der Waals surface area contributed by atoms with E-state index < -0.39 is 0 Å². The Hall–Kier alpha value is -2.21. The molecule has 0 bridgehead atoms. The summed E-state index contributed by atoms with van der Waals surface area (Å²) in [7, 11) is 1.42. The Kier molecular flexibility index (Phi) is 19.3. The molecule has 6 heteroatoms. The molecule has 1 heterocycles. The first-order valence-electron chi connectivity index (χ1n) is 15.6. The molecule has 1 aromatic carbocycles. The summed E-state index contributed by atoms with van der Waals surface area (Å²) >= 11 is 0. The maximum absolute atomic E-state index is 12.9. The Bertz CT molecular complexity index is 839. The smallest absolute Gasteiger partial charge is 0.305 e. The van der Waals surface area contributed by atoms with Crippen molar-refractivity contribution in [3.05, 3.63) is 29.3 Å². The van der Waals surface area contributed by atoms with E-state index in [9.17, 15) is 9.59 Å². The van der Waals surface area contributed by atoms with Crippen molar-refractivity contribution < 1.29 is 14.3 Å². The summed E-state index contributed by atoms with van der Waals surface area (Å²) in [6.45, 7) is 16.3. The number of nitrogens with zero attached hydrogens (tertiary/aromatic N) is 3. The number of methoxy groups -OCH3 is 1. The number of carbonyl (C=O) groups is 2. The van der Waals surface area contributed by atoms with Gasteiger partial charge in [0.2, 0.25) is 0 Å². The van der Waals surface area contributed by atoms with E-state index in [1.807, 2.05) is 36.9 Å². The number of likely N-dealkylation sites (tertiary alicyclic amines) is 1. The second kappa shape index (κ2) is 21.6. The molecule has 6 nitrogen and oxygen atoms in total. The van der Waals surface area contributed by atoms with Crippen LogP contribution in [0, 0.1) is 6.92 Å². The van der Waals surface area contributed by atoms with Crippen molar-refractivity contribution in [1.82, 2.24) is 9.80 Å². The number of amides is 1. The molecule has 222 valence electrons. The van der Waals surface area contributed by atoms with E-state index in [4.69, 9.17) is 4.99 Å². The molecular formula is C33H57N3O3. The molecule has 2 rings (SSSR count). The van der Waals surface area contributed by atoms with Crippen molar-refractivity contribution >= 4 is 23.3 Å². The van der Waals surface area contributed by atoms with E-state index in [2.05, 4.69) is 30.4 Å². The monoisotopic (exact) mass is 543 g/mol. The normalized spacial score (nSPS) is 13.9. The lowest BCUT2D eigenvalue weighted by Crippen LogP contribution is -2.33. The molecule has 0 radical (unpaired) electrons. The van der Waals surface area contributed by atoms with E-state index in [0.717, 1.165) is 80.6 Å². The number of carbonyl (C=O) groups excluding carboxylic acids is 2. The Morgan fingerprint density at radius 2 is 1.51 bits per heavy atom. The molecule has 0 aromatic heterocycles. The first-order valence-corrected chi connectivity index (χ1v) is 15.6. The molecule has 1 fully saturated rings. The van der Waals surface area contributed by atoms with Crippen LogP contribution in [0.25, 0.3) is 0 Å². The summed E-state index contributed by atoms with van der Waals surface area (Å²) in [6, 6.07) is 5.79. The highest BCUT2D eigenvalue weighted by Crippen LogP contribution is 2.22. The topological polar surface area (TPSA) is 62.2 Å². The fourth-order valence-corrected chi connectivity index (χ4v) is 4.69. The lowest BCUT2D eigenvalue weighted by molar-refractivity contribution is -0.140. The van der Waals surface area contributed by atoms with Crippen molar-refractivity contribution in [3.63, 3.8) is 0 Å². The molecule has 1 aliphatic heterocycles. The molecular weight excluding hydrogens is 486 g/mol. The van der Waals surface area contributed by atoms with Gasteiger partial charge in [-0.05, 0) is 109 Å². The van der Waals surface area contributed by atoms with E-state index in [1.54, 1.807) is 0 Å². The summed E-state index contributed by atoms with van der Waals surface area (Å²) in [5.74, 6) is -0.0485. The van der Waals surface area contributed by atoms with Crippen LogP contribution in [-0.2, 0) is 9.53 Å². The van der Waals surface area contributed by atoms with E-state index >= 15 is 0 Å². The van der Waals surface area contributed by atoms with Crippen LogP contribution in [-0.4, -0.2) is 67.2 Å². The highest BCUT2D eigenvalue weighted by molar-refractivity contribution is 5.95. The zero-order valence-corrected chi connectivity index (χ0v) is 26.0. The minimum atomic E-state index is -0.164. The summed E-state index contributed by atoms with van der Waals surface area (Å²) in [5, 5.41) is 0. The third-order valence-corrected chi connectivity index (χ3v) is 7.28. The average Bonchev–Trinajstić information content (AvgIpc) is 2.95. The highest BCUT2D eigenvalue weighted by Gasteiger charge is 2.16. The molecule has 0 aliphatic carbocycles. The minimum Gasteiger partial charge on any atom is -0.469 e. The predicted octanol–water partition coefficient (Wildman–Crippen LogP) is 8.14. The molecule has 0 N–H and O–H groups in total. The predicted molar refractivity (Wildman–Crippen MR) is 165 cm³/mol. The van der Waals surface area contributed by atoms with Crippen LogP contribution in [0.3, 0.4) is 0 Å². The lowest BCUT2D eigenvalue weighted by atomic mass is 10.1. The van der Waals surface area contributed by atoms with Gasteiger partial charge in [-0.1, -0.05) is 46.5 Å². The SMILES string of the molecule is CCCCN(CCCC)C(=O)c1ccc(N=C(C)CCCCC(=O)OC)c(C)c1.CCCCN1CCCCC1. The van der Waals surface area contributed by atoms with Crippen LogP contribution in [0.4, 0.5) is 5.69 Å². The minimum absolute atomic E-state index is 0.116. The zero-order chi connectivity index (χ0) is 28.9. The summed E-state index contributed by atoms with van der Waals surface area (Å²) in [5.41, 5.74) is 3.69. The van der Waals surface area contributed by atoms with Crippen molar-refractivity contribution in [2.45, 2.75) is 118 Å². The lowest BCUT2D eigenvalue weighted by Gasteiger charge is -2.25. The number of hydrogen-bond acceptors (Lipinski definition) is 5. The molecule has 0 atom stereocenters. The van der Waals surface area contributed by atoms with Gasteiger partial charge in [0.15, 0.2) is 0 Å². The maximum atomic E-state index is 12.9. The number of piperidine rings is 1. The zero-order valence-electron chi connectivity index (χ0n) is 26.0. The number of unbranched alkanes of at least 4 members (excludes halogenated alkanes) is 4. The van der Waals surface area contributed by atoms with Crippen LogP contribution in [0.5, 0.6) is 0 Å². The van der Waals surface area contributed by atoms with Gasteiger partial charge in [0, 0.05) is 30.8 Å². The quantitative estimate of drug-likeness (QED) is 0.120. The van der Waals surface area contributed by atoms with Crippen LogP contribution in [0.15, 0.2) is 23.2 Å². The average molecular weight is 544 g/mol. The van der Waals surface area contributed by atoms with Gasteiger partial charge >= 0.3 is 5.97 Å². The van der Waals surface area contributed by atoms with Gasteiger partial charge in [-0.2, -0.15) is 0 Å². The van der Waals surface area contributed by atoms with Gasteiger partial charge < -0.3 is 14.5 Å². The van der Waals surface area contributed by atoms with Crippen LogP contribution in [0.1, 0.15) is 127 Å². The van der Waals surface area contributed by atoms with Gasteiger partial charge in [-0.3, -0.25) is 14.6 Å². The van der Waals surface area contributed by atoms with Gasteiger partial charge in [0.25, 0.3) is 5.91 Å². The first-order chi connectivity index (χ1) is 18.9. The molecule has 0 unspecified atom stereocenters. The first kappa shape index (κ1) is 34.8. The maximum Gasteiger partial charge on any atom is 0.305 e. The van der Waals surface area contributed by atoms with E-state index in [1.165, 1.54) is 58.8 Å². The third kappa shape index (κ3) is 15.2. The number of hydrogen-bond donors (Lipinski definition) is 0. The van der Waals surface area contributed by atoms with E-state index in [-0.39, 0.29) is 11.9 Å². The number of rotatable bonds is 16. The number of aryl methyl sites for hydroxylation is 1. The molecule has 0 saturated carbocycles. The Morgan fingerprint density at radius 1 is 0.897 bits per heavy atom. The van der Waals surface area contributed by atoms with Crippen molar-refractivity contribution in [3.8, 4) is 0 Å². The number of ether oxygens (including phenoxy) is 1. The molecule has 1 saturated heterocycles. The molecule has 39 heavy (non-hydrogen) atoms. The van der Waals surface area contributed by atoms with Crippen molar-refractivity contribution in [1.29, 1.82) is 0 Å². The fourth-order valence-electron chi connectivity index (χ4n) is 4.69. The van der Waals surface area contributed by atoms with Gasteiger partial charge in [0.05, 0.1) is 12.8 Å². The standard InChI is InChI=1S/C24H38N2O3.C9H19N/c1-6-8-16-26(17-9-7-2)24(28)21-14-15-22(19(3)18-21)25-20(4)12-10-11-13-23(27)29-5;1-2-3-7-10-8-5-4-6-9-10/h14-15,18H,6-13,16-17H2,1-5H3;2-9H2,1H3. The van der Waals surface area contributed by atoms with Gasteiger partial charge in [0.1, 0.15) is 0 Å². The highest BCUT2D eigenvalue weighted by atomic mass is 16.5. The fraction of sp³-hybridized carbons (Fsp3) is 0.727. The molecule has 0 spiro atoms. The Labute approximate surface area is 239 Å². The van der Waals surface area contributed by atoms with Crippen LogP contribution in [0.2, 0.25) is 0 Å². The van der Waals surface area contributed by atoms with Crippen LogP contribution < -0.4 is 0 Å². The largest absolute Gasteiger partial charge is 0.469 e. The third-order valence-electron chi connectivity index (χ3n) is 7.28. The van der Waals surface area contributed by atoms with Crippen molar-refractivity contribution in [2.75, 3.05) is 39.8 Å². The number of aliphatic imine (C=N–C) groups is 1. The van der Waals surface area contributed by atoms with E-state index in [0.29, 0.717) is 6.42 Å². The van der Waals surface area contributed by atoms with Crippen LogP contribution >= 0.6 is 0 Å². The second-order valence-electron chi connectivity index (χ2n) is 10.9.